The molecule has 2 aromatic heterocycles. The van der Waals surface area contributed by atoms with Crippen LogP contribution in [-0.2, 0) is 15.7 Å². The number of amidine groups is 1. The van der Waals surface area contributed by atoms with Gasteiger partial charge in [-0.2, -0.15) is 13.2 Å². The van der Waals surface area contributed by atoms with Crippen LogP contribution in [0.1, 0.15) is 59.9 Å². The standard InChI is InChI=1S/C25H25F3N8O3/c1-14(12-39-15(2)37)36-23(32-33-34-36)17-4-3-5-18(8-17)31-24(38)20-9-22(19(10-29-20)25(26,27)28)35-11-21(30-13-35)16-6-7-16/h3-5,8-11,13-14,16,33-34H,6-7,12H2,1-2H3,(H,31,38)/t14-/m1/s1. The van der Waals surface area contributed by atoms with E-state index in [-0.39, 0.29) is 29.9 Å². The van der Waals surface area contributed by atoms with Crippen LogP contribution in [0.2, 0.25) is 0 Å². The number of halogens is 3. The summed E-state index contributed by atoms with van der Waals surface area (Å²) in [7, 11) is 0. The van der Waals surface area contributed by atoms with Gasteiger partial charge in [0.05, 0.1) is 29.3 Å². The molecule has 1 aromatic carbocycles. The highest BCUT2D eigenvalue weighted by Crippen LogP contribution is 2.40. The molecule has 0 radical (unpaired) electrons. The number of hydrogen-bond donors (Lipinski definition) is 3. The lowest BCUT2D eigenvalue weighted by Gasteiger charge is -2.25. The van der Waals surface area contributed by atoms with E-state index in [1.54, 1.807) is 35.5 Å². The van der Waals surface area contributed by atoms with Gasteiger partial charge in [-0.15, -0.1) is 10.6 Å². The zero-order valence-electron chi connectivity index (χ0n) is 21.0. The molecule has 1 amide bonds. The molecule has 39 heavy (non-hydrogen) atoms. The number of rotatable bonds is 8. The van der Waals surface area contributed by atoms with Crippen molar-refractivity contribution in [1.82, 2.24) is 30.6 Å². The Balaban J connectivity index is 1.36. The number of alkyl halides is 3. The second kappa shape index (κ2) is 10.4. The fourth-order valence-electron chi connectivity index (χ4n) is 4.07. The van der Waals surface area contributed by atoms with Crippen molar-refractivity contribution in [1.29, 1.82) is 0 Å². The summed E-state index contributed by atoms with van der Waals surface area (Å²) >= 11 is 0. The SMILES string of the molecule is CC(=O)OC[C@@H](C)N1NNN=C1c1cccc(NC(=O)c2cc(-n3cnc(C4CC4)c3)c(C(F)(F)F)cn2)c1. The molecule has 1 saturated carbocycles. The van der Waals surface area contributed by atoms with Gasteiger partial charge >= 0.3 is 12.1 Å². The molecular formula is C25H25F3N8O3. The fourth-order valence-corrected chi connectivity index (χ4v) is 4.07. The monoisotopic (exact) mass is 542 g/mol. The Kier molecular flexibility index (Phi) is 6.95. The first-order valence-corrected chi connectivity index (χ1v) is 12.1. The van der Waals surface area contributed by atoms with E-state index in [0.29, 0.717) is 23.3 Å². The van der Waals surface area contributed by atoms with Crippen molar-refractivity contribution in [3.8, 4) is 5.69 Å². The average Bonchev–Trinajstić information content (AvgIpc) is 3.42. The molecule has 0 saturated heterocycles. The summed E-state index contributed by atoms with van der Waals surface area (Å²) < 4.78 is 47.6. The second-order valence-corrected chi connectivity index (χ2v) is 9.28. The summed E-state index contributed by atoms with van der Waals surface area (Å²) in [5.41, 5.74) is 5.83. The Labute approximate surface area is 221 Å². The van der Waals surface area contributed by atoms with Gasteiger partial charge in [0.2, 0.25) is 0 Å². The summed E-state index contributed by atoms with van der Waals surface area (Å²) in [4.78, 5) is 32.2. The first kappa shape index (κ1) is 26.2. The number of benzene rings is 1. The van der Waals surface area contributed by atoms with E-state index in [2.05, 4.69) is 31.5 Å². The molecule has 3 N–H and O–H groups in total. The molecule has 1 aliphatic heterocycles. The van der Waals surface area contributed by atoms with E-state index in [9.17, 15) is 22.8 Å². The summed E-state index contributed by atoms with van der Waals surface area (Å²) in [6.07, 6.45) is 0.776. The molecule has 1 aliphatic carbocycles. The molecule has 11 nitrogen and oxygen atoms in total. The van der Waals surface area contributed by atoms with Crippen molar-refractivity contribution < 1.29 is 27.5 Å². The number of amides is 1. The Bertz CT molecular complexity index is 1430. The van der Waals surface area contributed by atoms with Gasteiger partial charge in [0.15, 0.2) is 5.84 Å². The molecule has 0 spiro atoms. The number of carbonyl (C=O) groups is 2. The third kappa shape index (κ3) is 5.85. The summed E-state index contributed by atoms with van der Waals surface area (Å²) in [6, 6.07) is 7.57. The van der Waals surface area contributed by atoms with Crippen LogP contribution in [0.5, 0.6) is 0 Å². The molecular weight excluding hydrogens is 517 g/mol. The first-order valence-electron chi connectivity index (χ1n) is 12.1. The molecule has 3 heterocycles. The van der Waals surface area contributed by atoms with Crippen LogP contribution in [0.3, 0.4) is 0 Å². The van der Waals surface area contributed by atoms with Gasteiger partial charge in [-0.1, -0.05) is 12.1 Å². The third-order valence-electron chi connectivity index (χ3n) is 6.20. The zero-order valence-corrected chi connectivity index (χ0v) is 21.0. The van der Waals surface area contributed by atoms with E-state index < -0.39 is 23.6 Å². The smallest absolute Gasteiger partial charge is 0.419 e. The van der Waals surface area contributed by atoms with E-state index >= 15 is 0 Å². The first-order chi connectivity index (χ1) is 18.6. The van der Waals surface area contributed by atoms with E-state index in [1.807, 2.05) is 6.92 Å². The number of esters is 1. The van der Waals surface area contributed by atoms with Crippen molar-refractivity contribution in [2.45, 2.75) is 44.8 Å². The van der Waals surface area contributed by atoms with Crippen molar-refractivity contribution in [3.05, 3.63) is 71.6 Å². The summed E-state index contributed by atoms with van der Waals surface area (Å²) in [5.74, 6) is -0.358. The number of carbonyl (C=O) groups excluding carboxylic acids is 2. The van der Waals surface area contributed by atoms with Crippen LogP contribution < -0.4 is 16.4 Å². The fraction of sp³-hybridized carbons (Fsp3) is 0.320. The van der Waals surface area contributed by atoms with Crippen molar-refractivity contribution in [2.75, 3.05) is 11.9 Å². The number of hydrazine groups is 2. The predicted molar refractivity (Wildman–Crippen MR) is 133 cm³/mol. The van der Waals surface area contributed by atoms with Gasteiger partial charge in [0.25, 0.3) is 5.91 Å². The van der Waals surface area contributed by atoms with E-state index in [4.69, 9.17) is 4.74 Å². The van der Waals surface area contributed by atoms with Crippen LogP contribution in [0, 0.1) is 0 Å². The number of nitrogens with zero attached hydrogens (tertiary/aromatic N) is 5. The maximum Gasteiger partial charge on any atom is 0.419 e. The highest BCUT2D eigenvalue weighted by atomic mass is 19.4. The van der Waals surface area contributed by atoms with E-state index in [1.165, 1.54) is 17.8 Å². The molecule has 1 atom stereocenters. The lowest BCUT2D eigenvalue weighted by atomic mass is 10.1. The normalized spacial score (nSPS) is 15.9. The summed E-state index contributed by atoms with van der Waals surface area (Å²) in [6.45, 7) is 3.26. The highest BCUT2D eigenvalue weighted by molar-refractivity contribution is 6.05. The van der Waals surface area contributed by atoms with Crippen molar-refractivity contribution >= 4 is 23.4 Å². The largest absolute Gasteiger partial charge is 0.464 e. The quantitative estimate of drug-likeness (QED) is 0.370. The minimum Gasteiger partial charge on any atom is -0.464 e. The average molecular weight is 543 g/mol. The Hall–Kier alpha value is -4.46. The molecule has 0 unspecified atom stereocenters. The Morgan fingerprint density at radius 3 is 2.74 bits per heavy atom. The van der Waals surface area contributed by atoms with Crippen molar-refractivity contribution in [2.24, 2.45) is 5.10 Å². The lowest BCUT2D eigenvalue weighted by molar-refractivity contribution is -0.142. The lowest BCUT2D eigenvalue weighted by Crippen LogP contribution is -2.48. The van der Waals surface area contributed by atoms with Crippen molar-refractivity contribution in [3.63, 3.8) is 0 Å². The Morgan fingerprint density at radius 1 is 1.23 bits per heavy atom. The minimum absolute atomic E-state index is 0.112. The van der Waals surface area contributed by atoms with Crippen LogP contribution in [-0.4, -0.2) is 49.9 Å². The molecule has 5 rings (SSSR count). The number of anilines is 1. The van der Waals surface area contributed by atoms with Gasteiger partial charge in [0.1, 0.15) is 12.3 Å². The van der Waals surface area contributed by atoms with Gasteiger partial charge < -0.3 is 14.6 Å². The second-order valence-electron chi connectivity index (χ2n) is 9.28. The number of hydrazone groups is 1. The van der Waals surface area contributed by atoms with Crippen LogP contribution in [0.4, 0.5) is 18.9 Å². The van der Waals surface area contributed by atoms with Gasteiger partial charge in [-0.25, -0.2) is 10.5 Å². The number of pyridine rings is 1. The number of hydrogen-bond acceptors (Lipinski definition) is 9. The van der Waals surface area contributed by atoms with Gasteiger partial charge in [0, 0.05) is 36.5 Å². The number of imidazole rings is 1. The minimum atomic E-state index is -4.67. The molecule has 2 aliphatic rings. The molecule has 0 bridgehead atoms. The zero-order chi connectivity index (χ0) is 27.7. The molecule has 204 valence electrons. The maximum atomic E-state index is 13.7. The highest BCUT2D eigenvalue weighted by Gasteiger charge is 2.36. The third-order valence-corrected chi connectivity index (χ3v) is 6.20. The topological polar surface area (TPSA) is 126 Å². The predicted octanol–water partition coefficient (Wildman–Crippen LogP) is 3.35. The van der Waals surface area contributed by atoms with Crippen LogP contribution in [0.15, 0.2) is 54.2 Å². The van der Waals surface area contributed by atoms with Crippen LogP contribution >= 0.6 is 0 Å². The maximum absolute atomic E-state index is 13.7. The number of ether oxygens (including phenoxy) is 1. The summed E-state index contributed by atoms with van der Waals surface area (Å²) in [5, 5.41) is 8.56. The van der Waals surface area contributed by atoms with Crippen LogP contribution in [0.25, 0.3) is 5.69 Å². The van der Waals surface area contributed by atoms with E-state index in [0.717, 1.165) is 24.6 Å². The number of aromatic nitrogens is 3. The van der Waals surface area contributed by atoms with Gasteiger partial charge in [-0.05, 0) is 38.0 Å². The molecule has 3 aromatic rings. The Morgan fingerprint density at radius 2 is 2.03 bits per heavy atom. The van der Waals surface area contributed by atoms with Gasteiger partial charge in [-0.3, -0.25) is 19.6 Å². The number of nitrogens with one attached hydrogen (secondary N) is 3. The molecule has 14 heteroatoms. The molecule has 1 fully saturated rings.